The largest absolute Gasteiger partial charge is 0.462 e. The summed E-state index contributed by atoms with van der Waals surface area (Å²) in [6, 6.07) is 7.92. The molecule has 130 valence electrons. The Bertz CT molecular complexity index is 818. The summed E-state index contributed by atoms with van der Waals surface area (Å²) in [5.41, 5.74) is 3.71. The second-order valence-corrected chi connectivity index (χ2v) is 7.12. The lowest BCUT2D eigenvalue weighted by molar-refractivity contribution is -0.111. The van der Waals surface area contributed by atoms with Crippen LogP contribution in [-0.2, 0) is 22.4 Å². The molecule has 0 atom stereocenters. The lowest BCUT2D eigenvalue weighted by Crippen LogP contribution is -2.13. The van der Waals surface area contributed by atoms with Gasteiger partial charge in [-0.3, -0.25) is 4.79 Å². The predicted molar refractivity (Wildman–Crippen MR) is 101 cm³/mol. The number of benzene rings is 1. The molecule has 25 heavy (non-hydrogen) atoms. The van der Waals surface area contributed by atoms with Crippen molar-refractivity contribution in [1.29, 1.82) is 0 Å². The van der Waals surface area contributed by atoms with Gasteiger partial charge in [0, 0.05) is 11.0 Å². The number of rotatable bonds is 5. The molecule has 0 spiro atoms. The second-order valence-electron chi connectivity index (χ2n) is 6.02. The first-order valence-corrected chi connectivity index (χ1v) is 9.27. The maximum absolute atomic E-state index is 12.3. The summed E-state index contributed by atoms with van der Waals surface area (Å²) in [6.45, 7) is 4.13. The molecule has 1 aromatic carbocycles. The Morgan fingerprint density at radius 3 is 2.72 bits per heavy atom. The molecule has 2 aromatic rings. The van der Waals surface area contributed by atoms with E-state index in [1.165, 1.54) is 27.9 Å². The molecule has 1 N–H and O–H groups in total. The highest BCUT2D eigenvalue weighted by Crippen LogP contribution is 2.39. The van der Waals surface area contributed by atoms with Crippen LogP contribution in [0.2, 0.25) is 0 Å². The number of carbonyl (C=O) groups excluding carboxylic acids is 2. The SMILES string of the molecule is CCOC(=O)c1c(NC(=O)/C=C/c2ccc(C)cc2)sc2c1CCC2. The Labute approximate surface area is 151 Å². The van der Waals surface area contributed by atoms with E-state index >= 15 is 0 Å². The minimum absolute atomic E-state index is 0.244. The van der Waals surface area contributed by atoms with Crippen molar-refractivity contribution in [1.82, 2.24) is 0 Å². The molecular formula is C20H21NO3S. The molecule has 0 saturated carbocycles. The van der Waals surface area contributed by atoms with E-state index in [0.717, 1.165) is 30.4 Å². The molecule has 0 radical (unpaired) electrons. The summed E-state index contributed by atoms with van der Waals surface area (Å²) < 4.78 is 5.17. The molecule has 0 fully saturated rings. The Kier molecular flexibility index (Phi) is 5.34. The van der Waals surface area contributed by atoms with Gasteiger partial charge in [-0.05, 0) is 50.3 Å². The average molecular weight is 355 g/mol. The maximum Gasteiger partial charge on any atom is 0.341 e. The van der Waals surface area contributed by atoms with Crippen LogP contribution in [-0.4, -0.2) is 18.5 Å². The number of hydrogen-bond acceptors (Lipinski definition) is 4. The first-order valence-electron chi connectivity index (χ1n) is 8.46. The third-order valence-electron chi connectivity index (χ3n) is 4.14. The Morgan fingerprint density at radius 2 is 2.00 bits per heavy atom. The average Bonchev–Trinajstić information content (AvgIpc) is 3.15. The molecule has 5 heteroatoms. The summed E-state index contributed by atoms with van der Waals surface area (Å²) in [5, 5.41) is 3.45. The van der Waals surface area contributed by atoms with Crippen molar-refractivity contribution in [2.45, 2.75) is 33.1 Å². The van der Waals surface area contributed by atoms with Crippen molar-refractivity contribution in [3.8, 4) is 0 Å². The van der Waals surface area contributed by atoms with E-state index in [1.807, 2.05) is 31.2 Å². The van der Waals surface area contributed by atoms with Crippen molar-refractivity contribution < 1.29 is 14.3 Å². The van der Waals surface area contributed by atoms with Crippen molar-refractivity contribution in [3.63, 3.8) is 0 Å². The number of amides is 1. The number of esters is 1. The summed E-state index contributed by atoms with van der Waals surface area (Å²) in [7, 11) is 0. The molecule has 1 aliphatic rings. The topological polar surface area (TPSA) is 55.4 Å². The van der Waals surface area contributed by atoms with Crippen LogP contribution in [0.3, 0.4) is 0 Å². The summed E-state index contributed by atoms with van der Waals surface area (Å²) in [5.74, 6) is -0.592. The van der Waals surface area contributed by atoms with Crippen LogP contribution in [0, 0.1) is 6.92 Å². The lowest BCUT2D eigenvalue weighted by Gasteiger charge is -2.06. The first-order chi connectivity index (χ1) is 12.1. The van der Waals surface area contributed by atoms with Gasteiger partial charge < -0.3 is 10.1 Å². The fourth-order valence-corrected chi connectivity index (χ4v) is 4.19. The van der Waals surface area contributed by atoms with Gasteiger partial charge in [0.05, 0.1) is 12.2 Å². The fraction of sp³-hybridized carbons (Fsp3) is 0.300. The normalized spacial score (nSPS) is 13.0. The van der Waals surface area contributed by atoms with Gasteiger partial charge in [0.15, 0.2) is 0 Å². The molecular weight excluding hydrogens is 334 g/mol. The van der Waals surface area contributed by atoms with Gasteiger partial charge in [-0.1, -0.05) is 29.8 Å². The van der Waals surface area contributed by atoms with Gasteiger partial charge in [0.2, 0.25) is 5.91 Å². The van der Waals surface area contributed by atoms with E-state index in [1.54, 1.807) is 13.0 Å². The quantitative estimate of drug-likeness (QED) is 0.640. The highest BCUT2D eigenvalue weighted by atomic mass is 32.1. The van der Waals surface area contributed by atoms with Crippen molar-refractivity contribution in [3.05, 3.63) is 57.5 Å². The highest BCUT2D eigenvalue weighted by molar-refractivity contribution is 7.17. The lowest BCUT2D eigenvalue weighted by atomic mass is 10.1. The Balaban J connectivity index is 1.77. The van der Waals surface area contributed by atoms with E-state index in [0.29, 0.717) is 17.2 Å². The number of hydrogen-bond donors (Lipinski definition) is 1. The van der Waals surface area contributed by atoms with Crippen LogP contribution in [0.15, 0.2) is 30.3 Å². The number of fused-ring (bicyclic) bond motifs is 1. The van der Waals surface area contributed by atoms with Gasteiger partial charge in [-0.15, -0.1) is 11.3 Å². The number of carbonyl (C=O) groups is 2. The molecule has 4 nitrogen and oxygen atoms in total. The second kappa shape index (κ2) is 7.66. The standard InChI is InChI=1S/C20H21NO3S/c1-3-24-20(23)18-15-5-4-6-16(15)25-19(18)21-17(22)12-11-14-9-7-13(2)8-10-14/h7-12H,3-6H2,1-2H3,(H,21,22)/b12-11+. The molecule has 0 aliphatic heterocycles. The molecule has 3 rings (SSSR count). The third kappa shape index (κ3) is 3.99. The number of ether oxygens (including phenoxy) is 1. The Morgan fingerprint density at radius 1 is 1.24 bits per heavy atom. The summed E-state index contributed by atoms with van der Waals surface area (Å²) >= 11 is 1.49. The van der Waals surface area contributed by atoms with Crippen LogP contribution in [0.25, 0.3) is 6.08 Å². The van der Waals surface area contributed by atoms with Crippen LogP contribution in [0.4, 0.5) is 5.00 Å². The van der Waals surface area contributed by atoms with E-state index in [-0.39, 0.29) is 11.9 Å². The zero-order valence-corrected chi connectivity index (χ0v) is 15.2. The van der Waals surface area contributed by atoms with E-state index in [9.17, 15) is 9.59 Å². The summed E-state index contributed by atoms with van der Waals surface area (Å²) in [6.07, 6.45) is 6.14. The Hall–Kier alpha value is -2.40. The van der Waals surface area contributed by atoms with Crippen LogP contribution in [0.1, 0.15) is 45.3 Å². The molecule has 1 aromatic heterocycles. The van der Waals surface area contributed by atoms with E-state index < -0.39 is 0 Å². The van der Waals surface area contributed by atoms with Crippen molar-refractivity contribution in [2.24, 2.45) is 0 Å². The molecule has 0 saturated heterocycles. The van der Waals surface area contributed by atoms with Crippen LogP contribution >= 0.6 is 11.3 Å². The van der Waals surface area contributed by atoms with Gasteiger partial charge in [0.25, 0.3) is 0 Å². The molecule has 1 heterocycles. The molecule has 1 aliphatic carbocycles. The number of nitrogens with one attached hydrogen (secondary N) is 1. The van der Waals surface area contributed by atoms with Gasteiger partial charge in [-0.2, -0.15) is 0 Å². The maximum atomic E-state index is 12.3. The monoisotopic (exact) mass is 355 g/mol. The van der Waals surface area contributed by atoms with Gasteiger partial charge in [-0.25, -0.2) is 4.79 Å². The van der Waals surface area contributed by atoms with Gasteiger partial charge >= 0.3 is 5.97 Å². The number of aryl methyl sites for hydroxylation is 2. The minimum Gasteiger partial charge on any atom is -0.462 e. The molecule has 0 unspecified atom stereocenters. The molecule has 1 amide bonds. The first kappa shape index (κ1) is 17.4. The fourth-order valence-electron chi connectivity index (χ4n) is 2.91. The number of anilines is 1. The van der Waals surface area contributed by atoms with Gasteiger partial charge in [0.1, 0.15) is 5.00 Å². The van der Waals surface area contributed by atoms with E-state index in [4.69, 9.17) is 4.74 Å². The van der Waals surface area contributed by atoms with Crippen molar-refractivity contribution >= 4 is 34.3 Å². The third-order valence-corrected chi connectivity index (χ3v) is 5.35. The smallest absolute Gasteiger partial charge is 0.341 e. The van der Waals surface area contributed by atoms with Crippen molar-refractivity contribution in [2.75, 3.05) is 11.9 Å². The zero-order chi connectivity index (χ0) is 17.8. The highest BCUT2D eigenvalue weighted by Gasteiger charge is 2.27. The van der Waals surface area contributed by atoms with Crippen LogP contribution in [0.5, 0.6) is 0 Å². The minimum atomic E-state index is -0.347. The zero-order valence-electron chi connectivity index (χ0n) is 14.4. The molecule has 0 bridgehead atoms. The predicted octanol–water partition coefficient (Wildman–Crippen LogP) is 4.37. The van der Waals surface area contributed by atoms with E-state index in [2.05, 4.69) is 5.32 Å². The van der Waals surface area contributed by atoms with Crippen LogP contribution < -0.4 is 5.32 Å². The summed E-state index contributed by atoms with van der Waals surface area (Å²) in [4.78, 5) is 25.7. The number of thiophene rings is 1.